The van der Waals surface area contributed by atoms with E-state index in [1.165, 1.54) is 13.2 Å². The lowest BCUT2D eigenvalue weighted by Crippen LogP contribution is -2.09. The average Bonchev–Trinajstić information content (AvgIpc) is 2.90. The van der Waals surface area contributed by atoms with Crippen molar-refractivity contribution in [2.24, 2.45) is 0 Å². The van der Waals surface area contributed by atoms with Crippen molar-refractivity contribution in [2.45, 2.75) is 0 Å². The maximum atomic E-state index is 12.6. The predicted molar refractivity (Wildman–Crippen MR) is 139 cm³/mol. The highest BCUT2D eigenvalue weighted by Gasteiger charge is 2.14. The Hall–Kier alpha value is -4.39. The molecule has 182 valence electrons. The van der Waals surface area contributed by atoms with Gasteiger partial charge in [0.05, 0.1) is 41.2 Å². The van der Waals surface area contributed by atoms with Gasteiger partial charge >= 0.3 is 0 Å². The van der Waals surface area contributed by atoms with E-state index in [2.05, 4.69) is 5.32 Å². The van der Waals surface area contributed by atoms with Crippen LogP contribution in [0.2, 0.25) is 0 Å². The molecule has 0 heterocycles. The molecule has 1 amide bonds. The van der Waals surface area contributed by atoms with Crippen LogP contribution in [0.4, 0.5) is 5.69 Å². The lowest BCUT2D eigenvalue weighted by atomic mass is 10.1. The first-order valence-corrected chi connectivity index (χ1v) is 10.8. The Kier molecular flexibility index (Phi) is 8.78. The van der Waals surface area contributed by atoms with E-state index in [0.717, 1.165) is 16.7 Å². The third kappa shape index (κ3) is 6.35. The fourth-order valence-electron chi connectivity index (χ4n) is 3.48. The van der Waals surface area contributed by atoms with Crippen LogP contribution in [0.25, 0.3) is 18.2 Å². The highest BCUT2D eigenvalue weighted by molar-refractivity contribution is 6.03. The lowest BCUT2D eigenvalue weighted by Gasteiger charge is -2.14. The SMILES string of the molecule is COc1cc(C=Cc2cc(OC)c(OC)c(OC)c2)cc(NC(=O)C=Cc2ccccc2)c1OC. The monoisotopic (exact) mass is 475 g/mol. The second-order valence-electron chi connectivity index (χ2n) is 7.33. The first-order chi connectivity index (χ1) is 17.0. The van der Waals surface area contributed by atoms with Crippen molar-refractivity contribution in [3.63, 3.8) is 0 Å². The smallest absolute Gasteiger partial charge is 0.248 e. The van der Waals surface area contributed by atoms with Gasteiger partial charge in [-0.1, -0.05) is 42.5 Å². The molecule has 0 spiro atoms. The van der Waals surface area contributed by atoms with E-state index >= 15 is 0 Å². The van der Waals surface area contributed by atoms with Crippen molar-refractivity contribution in [3.05, 3.63) is 77.4 Å². The number of ether oxygens (including phenoxy) is 5. The molecule has 0 saturated carbocycles. The van der Waals surface area contributed by atoms with E-state index in [1.54, 1.807) is 34.5 Å². The van der Waals surface area contributed by atoms with Crippen molar-refractivity contribution in [2.75, 3.05) is 40.9 Å². The van der Waals surface area contributed by atoms with E-state index in [-0.39, 0.29) is 5.91 Å². The van der Waals surface area contributed by atoms with Crippen molar-refractivity contribution in [1.82, 2.24) is 0 Å². The molecule has 0 fully saturated rings. The largest absolute Gasteiger partial charge is 0.493 e. The summed E-state index contributed by atoms with van der Waals surface area (Å²) in [7, 11) is 7.77. The Bertz CT molecular complexity index is 1190. The maximum Gasteiger partial charge on any atom is 0.248 e. The number of rotatable bonds is 10. The minimum absolute atomic E-state index is 0.292. The Morgan fingerprint density at radius 2 is 1.14 bits per heavy atom. The Balaban J connectivity index is 1.91. The zero-order valence-corrected chi connectivity index (χ0v) is 20.5. The van der Waals surface area contributed by atoms with Crippen LogP contribution in [-0.4, -0.2) is 41.5 Å². The first-order valence-electron chi connectivity index (χ1n) is 10.8. The quantitative estimate of drug-likeness (QED) is 0.306. The van der Waals surface area contributed by atoms with Crippen LogP contribution in [-0.2, 0) is 4.79 Å². The van der Waals surface area contributed by atoms with Gasteiger partial charge in [0.15, 0.2) is 23.0 Å². The highest BCUT2D eigenvalue weighted by Crippen LogP contribution is 2.40. The van der Waals surface area contributed by atoms with Crippen LogP contribution < -0.4 is 29.0 Å². The zero-order chi connectivity index (χ0) is 25.2. The van der Waals surface area contributed by atoms with E-state index in [1.807, 2.05) is 66.7 Å². The molecular formula is C28H29NO6. The Morgan fingerprint density at radius 1 is 0.629 bits per heavy atom. The van der Waals surface area contributed by atoms with Gasteiger partial charge in [0.2, 0.25) is 11.7 Å². The number of carbonyl (C=O) groups excluding carboxylic acids is 1. The van der Waals surface area contributed by atoms with Crippen molar-refractivity contribution in [1.29, 1.82) is 0 Å². The number of carbonyl (C=O) groups is 1. The summed E-state index contributed by atoms with van der Waals surface area (Å²) in [6, 6.07) is 16.9. The van der Waals surface area contributed by atoms with Gasteiger partial charge in [0.25, 0.3) is 0 Å². The van der Waals surface area contributed by atoms with Crippen LogP contribution in [0.3, 0.4) is 0 Å². The molecule has 35 heavy (non-hydrogen) atoms. The fourth-order valence-corrected chi connectivity index (χ4v) is 3.48. The summed E-state index contributed by atoms with van der Waals surface area (Å²) in [5, 5.41) is 2.88. The van der Waals surface area contributed by atoms with Gasteiger partial charge in [-0.2, -0.15) is 0 Å². The third-order valence-corrected chi connectivity index (χ3v) is 5.14. The van der Waals surface area contributed by atoms with Gasteiger partial charge in [-0.25, -0.2) is 0 Å². The minimum atomic E-state index is -0.292. The van der Waals surface area contributed by atoms with Crippen LogP contribution in [0.15, 0.2) is 60.7 Å². The number of hydrogen-bond donors (Lipinski definition) is 1. The van der Waals surface area contributed by atoms with Gasteiger partial charge in [0, 0.05) is 6.08 Å². The molecule has 0 aliphatic carbocycles. The number of nitrogens with one attached hydrogen (secondary N) is 1. The Morgan fingerprint density at radius 3 is 1.66 bits per heavy atom. The first kappa shape index (κ1) is 25.2. The molecule has 3 rings (SSSR count). The molecule has 0 bridgehead atoms. The number of benzene rings is 3. The van der Waals surface area contributed by atoms with E-state index < -0.39 is 0 Å². The van der Waals surface area contributed by atoms with Gasteiger partial charge in [-0.05, 0) is 47.0 Å². The van der Waals surface area contributed by atoms with Gasteiger partial charge in [0.1, 0.15) is 0 Å². The summed E-state index contributed by atoms with van der Waals surface area (Å²) < 4.78 is 27.2. The molecule has 0 saturated heterocycles. The maximum absolute atomic E-state index is 12.6. The van der Waals surface area contributed by atoms with Crippen molar-refractivity contribution >= 4 is 29.8 Å². The topological polar surface area (TPSA) is 75.3 Å². The number of amides is 1. The van der Waals surface area contributed by atoms with Crippen LogP contribution >= 0.6 is 0 Å². The van der Waals surface area contributed by atoms with Crippen LogP contribution in [0.5, 0.6) is 28.7 Å². The molecule has 0 aliphatic heterocycles. The Labute approximate surface area is 205 Å². The summed E-state index contributed by atoms with van der Waals surface area (Å²) in [6.45, 7) is 0. The molecule has 3 aromatic rings. The molecule has 1 N–H and O–H groups in total. The van der Waals surface area contributed by atoms with Crippen molar-refractivity contribution in [3.8, 4) is 28.7 Å². The molecule has 0 unspecified atom stereocenters. The van der Waals surface area contributed by atoms with E-state index in [4.69, 9.17) is 23.7 Å². The standard InChI is InChI=1S/C28H29NO6/c1-31-23-16-20(11-12-21-17-24(32-2)28(35-5)25(18-21)33-3)15-22(27(23)34-4)29-26(30)14-13-19-9-7-6-8-10-19/h6-18H,1-5H3,(H,29,30). The van der Waals surface area contributed by atoms with E-state index in [9.17, 15) is 4.79 Å². The summed E-state index contributed by atoms with van der Waals surface area (Å²) in [6.07, 6.45) is 7.00. The molecule has 0 radical (unpaired) electrons. The average molecular weight is 476 g/mol. The van der Waals surface area contributed by atoms with Crippen LogP contribution in [0.1, 0.15) is 16.7 Å². The second kappa shape index (κ2) is 12.2. The summed E-state index contributed by atoms with van der Waals surface area (Å²) >= 11 is 0. The van der Waals surface area contributed by atoms with Gasteiger partial charge < -0.3 is 29.0 Å². The fraction of sp³-hybridized carbons (Fsp3) is 0.179. The molecule has 3 aromatic carbocycles. The third-order valence-electron chi connectivity index (χ3n) is 5.14. The number of anilines is 1. The molecular weight excluding hydrogens is 446 g/mol. The van der Waals surface area contributed by atoms with Crippen LogP contribution in [0, 0.1) is 0 Å². The summed E-state index contributed by atoms with van der Waals surface area (Å²) in [4.78, 5) is 12.6. The predicted octanol–water partition coefficient (Wildman–Crippen LogP) is 5.55. The van der Waals surface area contributed by atoms with Crippen molar-refractivity contribution < 1.29 is 28.5 Å². The van der Waals surface area contributed by atoms with E-state index in [0.29, 0.717) is 34.4 Å². The molecule has 0 aliphatic rings. The molecule has 0 atom stereocenters. The molecule has 7 heteroatoms. The minimum Gasteiger partial charge on any atom is -0.493 e. The highest BCUT2D eigenvalue weighted by atomic mass is 16.5. The molecule has 7 nitrogen and oxygen atoms in total. The zero-order valence-electron chi connectivity index (χ0n) is 20.5. The molecule has 0 aromatic heterocycles. The summed E-state index contributed by atoms with van der Waals surface area (Å²) in [5.74, 6) is 2.25. The lowest BCUT2D eigenvalue weighted by molar-refractivity contribution is -0.111. The normalized spacial score (nSPS) is 10.9. The van der Waals surface area contributed by atoms with Gasteiger partial charge in [-0.15, -0.1) is 0 Å². The summed E-state index contributed by atoms with van der Waals surface area (Å²) in [5.41, 5.74) is 3.04. The van der Waals surface area contributed by atoms with Gasteiger partial charge in [-0.3, -0.25) is 4.79 Å². The number of methoxy groups -OCH3 is 5. The second-order valence-corrected chi connectivity index (χ2v) is 7.33. The number of hydrogen-bond acceptors (Lipinski definition) is 6.